The molecule has 0 radical (unpaired) electrons. The fourth-order valence-corrected chi connectivity index (χ4v) is 1.95. The van der Waals surface area contributed by atoms with E-state index in [4.69, 9.17) is 14.2 Å². The molecule has 2 aromatic rings. The Balaban J connectivity index is 2.01. The minimum atomic E-state index is 0.571. The zero-order valence-electron chi connectivity index (χ0n) is 12.0. The summed E-state index contributed by atoms with van der Waals surface area (Å²) in [5, 5.41) is 0. The maximum Gasteiger partial charge on any atom is 0.119 e. The lowest BCUT2D eigenvalue weighted by Crippen LogP contribution is -2.03. The number of ether oxygens (including phenoxy) is 3. The van der Waals surface area contributed by atoms with Gasteiger partial charge in [-0.2, -0.15) is 0 Å². The Hall–Kier alpha value is -1.84. The lowest BCUT2D eigenvalue weighted by atomic mass is 10.0. The van der Waals surface area contributed by atoms with Crippen molar-refractivity contribution in [3.8, 4) is 16.9 Å². The van der Waals surface area contributed by atoms with Crippen LogP contribution < -0.4 is 4.74 Å². The minimum Gasteiger partial charge on any atom is -0.491 e. The molecule has 3 nitrogen and oxygen atoms in total. The van der Waals surface area contributed by atoms with Gasteiger partial charge in [0.15, 0.2) is 0 Å². The van der Waals surface area contributed by atoms with Crippen LogP contribution in [-0.2, 0) is 16.1 Å². The summed E-state index contributed by atoms with van der Waals surface area (Å²) in [5.74, 6) is 0.863. The van der Waals surface area contributed by atoms with Gasteiger partial charge < -0.3 is 14.2 Å². The number of methoxy groups -OCH3 is 2. The lowest BCUT2D eigenvalue weighted by Gasteiger charge is -2.07. The topological polar surface area (TPSA) is 27.7 Å². The van der Waals surface area contributed by atoms with Crippen molar-refractivity contribution < 1.29 is 14.2 Å². The number of rotatable bonds is 7. The summed E-state index contributed by atoms with van der Waals surface area (Å²) in [4.78, 5) is 0. The Labute approximate surface area is 120 Å². The molecule has 2 aromatic carbocycles. The van der Waals surface area contributed by atoms with E-state index in [1.807, 2.05) is 12.1 Å². The molecule has 0 saturated heterocycles. The number of benzene rings is 2. The van der Waals surface area contributed by atoms with Crippen LogP contribution in [-0.4, -0.2) is 27.4 Å². The van der Waals surface area contributed by atoms with Crippen LogP contribution in [0.2, 0.25) is 0 Å². The van der Waals surface area contributed by atoms with Crippen LogP contribution in [0.3, 0.4) is 0 Å². The van der Waals surface area contributed by atoms with Gasteiger partial charge in [-0.1, -0.05) is 36.4 Å². The smallest absolute Gasteiger partial charge is 0.119 e. The molecule has 0 amide bonds. The largest absolute Gasteiger partial charge is 0.491 e. The van der Waals surface area contributed by atoms with Crippen LogP contribution in [0.4, 0.5) is 0 Å². The average Bonchev–Trinajstić information content (AvgIpc) is 2.49. The summed E-state index contributed by atoms with van der Waals surface area (Å²) >= 11 is 0. The van der Waals surface area contributed by atoms with Crippen LogP contribution in [0.25, 0.3) is 11.1 Å². The average molecular weight is 272 g/mol. The molecule has 0 bridgehead atoms. The van der Waals surface area contributed by atoms with Crippen molar-refractivity contribution in [2.75, 3.05) is 27.4 Å². The van der Waals surface area contributed by atoms with E-state index < -0.39 is 0 Å². The molecule has 0 aromatic heterocycles. The van der Waals surface area contributed by atoms with Crippen molar-refractivity contribution in [1.29, 1.82) is 0 Å². The van der Waals surface area contributed by atoms with Gasteiger partial charge in [-0.15, -0.1) is 0 Å². The highest BCUT2D eigenvalue weighted by atomic mass is 16.5. The third-order valence-corrected chi connectivity index (χ3v) is 3.01. The van der Waals surface area contributed by atoms with E-state index >= 15 is 0 Å². The molecule has 0 aliphatic carbocycles. The molecule has 0 N–H and O–H groups in total. The van der Waals surface area contributed by atoms with E-state index in [0.29, 0.717) is 19.8 Å². The predicted molar refractivity (Wildman–Crippen MR) is 80.0 cm³/mol. The van der Waals surface area contributed by atoms with E-state index in [-0.39, 0.29) is 0 Å². The summed E-state index contributed by atoms with van der Waals surface area (Å²) in [5.41, 5.74) is 3.54. The van der Waals surface area contributed by atoms with Gasteiger partial charge in [0.05, 0.1) is 13.2 Å². The second-order valence-corrected chi connectivity index (χ2v) is 4.50. The molecule has 2 rings (SSSR count). The normalized spacial score (nSPS) is 10.5. The third kappa shape index (κ3) is 4.08. The summed E-state index contributed by atoms with van der Waals surface area (Å²) in [6.07, 6.45) is 0. The molecular formula is C17H20O3. The highest BCUT2D eigenvalue weighted by Crippen LogP contribution is 2.23. The highest BCUT2D eigenvalue weighted by molar-refractivity contribution is 5.64. The molecule has 0 aliphatic heterocycles. The second kappa shape index (κ2) is 7.68. The lowest BCUT2D eigenvalue weighted by molar-refractivity contribution is 0.146. The van der Waals surface area contributed by atoms with Crippen molar-refractivity contribution in [3.05, 3.63) is 54.1 Å². The van der Waals surface area contributed by atoms with Crippen molar-refractivity contribution in [2.45, 2.75) is 6.61 Å². The van der Waals surface area contributed by atoms with Crippen LogP contribution in [0.1, 0.15) is 5.56 Å². The van der Waals surface area contributed by atoms with Gasteiger partial charge >= 0.3 is 0 Å². The van der Waals surface area contributed by atoms with E-state index in [0.717, 1.165) is 5.75 Å². The van der Waals surface area contributed by atoms with Crippen LogP contribution in [0, 0.1) is 0 Å². The summed E-state index contributed by atoms with van der Waals surface area (Å²) < 4.78 is 15.6. The molecule has 106 valence electrons. The first-order valence-electron chi connectivity index (χ1n) is 6.63. The van der Waals surface area contributed by atoms with E-state index in [1.165, 1.54) is 16.7 Å². The zero-order valence-corrected chi connectivity index (χ0v) is 12.0. The Morgan fingerprint density at radius 2 is 1.30 bits per heavy atom. The van der Waals surface area contributed by atoms with Crippen molar-refractivity contribution >= 4 is 0 Å². The Morgan fingerprint density at radius 3 is 1.85 bits per heavy atom. The van der Waals surface area contributed by atoms with Crippen LogP contribution in [0.15, 0.2) is 48.5 Å². The first-order chi connectivity index (χ1) is 9.83. The van der Waals surface area contributed by atoms with Crippen LogP contribution >= 0.6 is 0 Å². The first kappa shape index (κ1) is 14.6. The second-order valence-electron chi connectivity index (χ2n) is 4.50. The van der Waals surface area contributed by atoms with Gasteiger partial charge in [0, 0.05) is 14.2 Å². The standard InChI is InChI=1S/C17H20O3/c1-18-11-12-20-17-9-7-16(8-10-17)15-5-3-14(4-6-15)13-19-2/h3-10H,11-13H2,1-2H3. The molecule has 20 heavy (non-hydrogen) atoms. The minimum absolute atomic E-state index is 0.571. The predicted octanol–water partition coefficient (Wildman–Crippen LogP) is 3.53. The molecule has 0 saturated carbocycles. The SMILES string of the molecule is COCCOc1ccc(-c2ccc(COC)cc2)cc1. The zero-order chi connectivity index (χ0) is 14.2. The fourth-order valence-electron chi connectivity index (χ4n) is 1.95. The molecule has 3 heteroatoms. The quantitative estimate of drug-likeness (QED) is 0.722. The molecule has 0 spiro atoms. The third-order valence-electron chi connectivity index (χ3n) is 3.01. The van der Waals surface area contributed by atoms with E-state index in [2.05, 4.69) is 36.4 Å². The molecule has 0 unspecified atom stereocenters. The van der Waals surface area contributed by atoms with E-state index in [1.54, 1.807) is 14.2 Å². The Bertz CT molecular complexity index is 503. The van der Waals surface area contributed by atoms with Gasteiger partial charge in [0.1, 0.15) is 12.4 Å². The summed E-state index contributed by atoms with van der Waals surface area (Å²) in [6.45, 7) is 1.82. The van der Waals surface area contributed by atoms with Gasteiger partial charge in [-0.25, -0.2) is 0 Å². The fraction of sp³-hybridized carbons (Fsp3) is 0.294. The Morgan fingerprint density at radius 1 is 0.700 bits per heavy atom. The Kier molecular flexibility index (Phi) is 5.59. The van der Waals surface area contributed by atoms with Crippen LogP contribution in [0.5, 0.6) is 5.75 Å². The maximum absolute atomic E-state index is 5.55. The molecule has 0 aliphatic rings. The molecule has 0 heterocycles. The van der Waals surface area contributed by atoms with Crippen molar-refractivity contribution in [2.24, 2.45) is 0 Å². The number of hydrogen-bond donors (Lipinski definition) is 0. The summed E-state index contributed by atoms with van der Waals surface area (Å²) in [7, 11) is 3.37. The van der Waals surface area contributed by atoms with Crippen molar-refractivity contribution in [1.82, 2.24) is 0 Å². The molecular weight excluding hydrogens is 252 g/mol. The van der Waals surface area contributed by atoms with Gasteiger partial charge in [-0.3, -0.25) is 0 Å². The van der Waals surface area contributed by atoms with Gasteiger partial charge in [-0.05, 0) is 28.8 Å². The summed E-state index contributed by atoms with van der Waals surface area (Å²) in [6, 6.07) is 16.5. The monoisotopic (exact) mass is 272 g/mol. The highest BCUT2D eigenvalue weighted by Gasteiger charge is 1.99. The number of hydrogen-bond acceptors (Lipinski definition) is 3. The molecule has 0 fully saturated rings. The molecule has 0 atom stereocenters. The first-order valence-corrected chi connectivity index (χ1v) is 6.63. The van der Waals surface area contributed by atoms with E-state index in [9.17, 15) is 0 Å². The van der Waals surface area contributed by atoms with Gasteiger partial charge in [0.2, 0.25) is 0 Å². The van der Waals surface area contributed by atoms with Gasteiger partial charge in [0.25, 0.3) is 0 Å². The maximum atomic E-state index is 5.55. The van der Waals surface area contributed by atoms with Crippen molar-refractivity contribution in [3.63, 3.8) is 0 Å².